The van der Waals surface area contributed by atoms with Gasteiger partial charge in [-0.05, 0) is 43.2 Å². The molecule has 2 aromatic heterocycles. The van der Waals surface area contributed by atoms with Crippen LogP contribution in [0, 0.1) is 11.8 Å². The van der Waals surface area contributed by atoms with Gasteiger partial charge >= 0.3 is 0 Å². The number of pyridine rings is 1. The normalized spacial score (nSPS) is 25.9. The van der Waals surface area contributed by atoms with Gasteiger partial charge in [0.25, 0.3) is 5.91 Å². The molecule has 0 radical (unpaired) electrons. The lowest BCUT2D eigenvalue weighted by Gasteiger charge is -2.33. The largest absolute Gasteiger partial charge is 0.397 e. The molecule has 0 aliphatic heterocycles. The van der Waals surface area contributed by atoms with Crippen LogP contribution in [0.1, 0.15) is 42.8 Å². The third-order valence-electron chi connectivity index (χ3n) is 4.46. The molecule has 0 saturated heterocycles. The summed E-state index contributed by atoms with van der Waals surface area (Å²) in [6.45, 7) is 4.50. The minimum absolute atomic E-state index is 0.0538. The van der Waals surface area contributed by atoms with Crippen LogP contribution < -0.4 is 11.1 Å². The zero-order valence-electron chi connectivity index (χ0n) is 12.4. The summed E-state index contributed by atoms with van der Waals surface area (Å²) in [7, 11) is 0. The Labute approximate surface area is 128 Å². The molecule has 3 N–H and O–H groups in total. The first-order chi connectivity index (χ1) is 10.1. The zero-order valence-corrected chi connectivity index (χ0v) is 13.2. The molecule has 5 heteroatoms. The van der Waals surface area contributed by atoms with E-state index in [4.69, 9.17) is 5.73 Å². The molecule has 3 atom stereocenters. The van der Waals surface area contributed by atoms with Gasteiger partial charge in [0.15, 0.2) is 0 Å². The van der Waals surface area contributed by atoms with Gasteiger partial charge in [-0.2, -0.15) is 0 Å². The first kappa shape index (κ1) is 14.3. The van der Waals surface area contributed by atoms with Gasteiger partial charge < -0.3 is 11.1 Å². The Bertz CT molecular complexity index is 667. The Balaban J connectivity index is 1.79. The summed E-state index contributed by atoms with van der Waals surface area (Å²) in [4.78, 5) is 18.2. The van der Waals surface area contributed by atoms with Crippen LogP contribution in [0.3, 0.4) is 0 Å². The van der Waals surface area contributed by atoms with E-state index >= 15 is 0 Å². The summed E-state index contributed by atoms with van der Waals surface area (Å²) in [5.41, 5.74) is 6.66. The standard InChI is InChI=1S/C16H21N3OS/c1-9-5-6-12(10(2)8-9)19-15(20)14-13(17)11-4-3-7-18-16(11)21-14/h3-4,7,9-10,12H,5-6,8,17H2,1-2H3,(H,19,20). The number of nitrogens with zero attached hydrogens (tertiary/aromatic N) is 1. The third kappa shape index (κ3) is 2.75. The quantitative estimate of drug-likeness (QED) is 0.893. The maximum Gasteiger partial charge on any atom is 0.263 e. The molecule has 3 rings (SSSR count). The lowest BCUT2D eigenvalue weighted by atomic mass is 9.80. The minimum Gasteiger partial charge on any atom is -0.397 e. The summed E-state index contributed by atoms with van der Waals surface area (Å²) in [5.74, 6) is 1.22. The van der Waals surface area contributed by atoms with E-state index in [0.29, 0.717) is 16.5 Å². The number of nitrogens with two attached hydrogens (primary N) is 1. The van der Waals surface area contributed by atoms with Crippen molar-refractivity contribution in [1.29, 1.82) is 0 Å². The first-order valence-electron chi connectivity index (χ1n) is 7.50. The molecule has 0 spiro atoms. The number of fused-ring (bicyclic) bond motifs is 1. The highest BCUT2D eigenvalue weighted by Crippen LogP contribution is 2.33. The number of amides is 1. The fourth-order valence-electron chi connectivity index (χ4n) is 3.23. The van der Waals surface area contributed by atoms with Gasteiger partial charge in [-0.3, -0.25) is 4.79 Å². The maximum atomic E-state index is 12.5. The second-order valence-corrected chi connectivity index (χ2v) is 7.18. The van der Waals surface area contributed by atoms with Crippen LogP contribution in [0.5, 0.6) is 0 Å². The molecule has 2 heterocycles. The van der Waals surface area contributed by atoms with Crippen LogP contribution in [-0.4, -0.2) is 16.9 Å². The van der Waals surface area contributed by atoms with Gasteiger partial charge in [0.2, 0.25) is 0 Å². The molecule has 3 unspecified atom stereocenters. The summed E-state index contributed by atoms with van der Waals surface area (Å²) in [6.07, 6.45) is 5.13. The van der Waals surface area contributed by atoms with Crippen LogP contribution in [0.25, 0.3) is 10.2 Å². The third-order valence-corrected chi connectivity index (χ3v) is 5.59. The lowest BCUT2D eigenvalue weighted by molar-refractivity contribution is 0.0904. The molecule has 112 valence electrons. The highest BCUT2D eigenvalue weighted by atomic mass is 32.1. The molecule has 1 fully saturated rings. The number of anilines is 1. The Morgan fingerprint density at radius 2 is 2.24 bits per heavy atom. The minimum atomic E-state index is -0.0538. The van der Waals surface area contributed by atoms with Crippen molar-refractivity contribution in [3.05, 3.63) is 23.2 Å². The average molecular weight is 303 g/mol. The molecular formula is C16H21N3OS. The first-order valence-corrected chi connectivity index (χ1v) is 8.31. The molecule has 4 nitrogen and oxygen atoms in total. The number of nitrogens with one attached hydrogen (secondary N) is 1. The van der Waals surface area contributed by atoms with E-state index in [-0.39, 0.29) is 11.9 Å². The number of thiophene rings is 1. The van der Waals surface area contributed by atoms with E-state index in [9.17, 15) is 4.79 Å². The van der Waals surface area contributed by atoms with E-state index in [2.05, 4.69) is 24.1 Å². The molecule has 0 bridgehead atoms. The lowest BCUT2D eigenvalue weighted by Crippen LogP contribution is -2.42. The maximum absolute atomic E-state index is 12.5. The smallest absolute Gasteiger partial charge is 0.263 e. The number of hydrogen-bond donors (Lipinski definition) is 2. The molecule has 0 aromatic carbocycles. The zero-order chi connectivity index (χ0) is 15.0. The van der Waals surface area contributed by atoms with Gasteiger partial charge in [-0.15, -0.1) is 11.3 Å². The van der Waals surface area contributed by atoms with Crippen molar-refractivity contribution in [2.24, 2.45) is 11.8 Å². The Kier molecular flexibility index (Phi) is 3.85. The Morgan fingerprint density at radius 1 is 1.43 bits per heavy atom. The number of nitrogen functional groups attached to an aromatic ring is 1. The van der Waals surface area contributed by atoms with Crippen LogP contribution in [-0.2, 0) is 0 Å². The van der Waals surface area contributed by atoms with Crippen molar-refractivity contribution in [2.75, 3.05) is 5.73 Å². The van der Waals surface area contributed by atoms with Gasteiger partial charge in [0.05, 0.1) is 5.69 Å². The van der Waals surface area contributed by atoms with Crippen LogP contribution in [0.2, 0.25) is 0 Å². The van der Waals surface area contributed by atoms with Gasteiger partial charge in [0.1, 0.15) is 9.71 Å². The fourth-order valence-corrected chi connectivity index (χ4v) is 4.20. The number of aromatic nitrogens is 1. The van der Waals surface area contributed by atoms with E-state index < -0.39 is 0 Å². The van der Waals surface area contributed by atoms with Gasteiger partial charge in [-0.1, -0.05) is 13.8 Å². The summed E-state index contributed by atoms with van der Waals surface area (Å²) in [5, 5.41) is 4.04. The predicted molar refractivity (Wildman–Crippen MR) is 87.5 cm³/mol. The van der Waals surface area contributed by atoms with Crippen molar-refractivity contribution >= 4 is 33.1 Å². The van der Waals surface area contributed by atoms with Gasteiger partial charge in [-0.25, -0.2) is 4.98 Å². The number of carbonyl (C=O) groups excluding carboxylic acids is 1. The average Bonchev–Trinajstić information content (AvgIpc) is 2.80. The van der Waals surface area contributed by atoms with Crippen LogP contribution >= 0.6 is 11.3 Å². The molecule has 1 saturated carbocycles. The number of hydrogen-bond acceptors (Lipinski definition) is 4. The number of rotatable bonds is 2. The van der Waals surface area contributed by atoms with Gasteiger partial charge in [0, 0.05) is 17.6 Å². The summed E-state index contributed by atoms with van der Waals surface area (Å²) in [6, 6.07) is 4.01. The van der Waals surface area contributed by atoms with Crippen molar-refractivity contribution < 1.29 is 4.79 Å². The van der Waals surface area contributed by atoms with Crippen LogP contribution in [0.4, 0.5) is 5.69 Å². The second-order valence-electron chi connectivity index (χ2n) is 6.18. The molecule has 2 aromatic rings. The topological polar surface area (TPSA) is 68.0 Å². The molecular weight excluding hydrogens is 282 g/mol. The monoisotopic (exact) mass is 303 g/mol. The van der Waals surface area contributed by atoms with Crippen molar-refractivity contribution in [3.8, 4) is 0 Å². The summed E-state index contributed by atoms with van der Waals surface area (Å²) >= 11 is 1.37. The molecule has 1 aliphatic carbocycles. The van der Waals surface area contributed by atoms with Crippen LogP contribution in [0.15, 0.2) is 18.3 Å². The molecule has 1 amide bonds. The van der Waals surface area contributed by atoms with Crippen molar-refractivity contribution in [2.45, 2.75) is 39.2 Å². The fraction of sp³-hybridized carbons (Fsp3) is 0.500. The SMILES string of the molecule is CC1CCC(NC(=O)c2sc3ncccc3c2N)C(C)C1. The Hall–Kier alpha value is -1.62. The van der Waals surface area contributed by atoms with E-state index in [1.165, 1.54) is 24.2 Å². The van der Waals surface area contributed by atoms with E-state index in [1.54, 1.807) is 6.20 Å². The van der Waals surface area contributed by atoms with E-state index in [0.717, 1.165) is 22.6 Å². The van der Waals surface area contributed by atoms with Crippen molar-refractivity contribution in [3.63, 3.8) is 0 Å². The number of carbonyl (C=O) groups is 1. The highest BCUT2D eigenvalue weighted by Gasteiger charge is 2.28. The Morgan fingerprint density at radius 3 is 2.95 bits per heavy atom. The van der Waals surface area contributed by atoms with Crippen molar-refractivity contribution in [1.82, 2.24) is 10.3 Å². The second kappa shape index (κ2) is 5.64. The van der Waals surface area contributed by atoms with E-state index in [1.807, 2.05) is 12.1 Å². The molecule has 1 aliphatic rings. The summed E-state index contributed by atoms with van der Waals surface area (Å²) < 4.78 is 0. The predicted octanol–water partition coefficient (Wildman–Crippen LogP) is 3.43. The highest BCUT2D eigenvalue weighted by molar-refractivity contribution is 7.21. The molecule has 21 heavy (non-hydrogen) atoms.